The highest BCUT2D eigenvalue weighted by molar-refractivity contribution is 5.82. The van der Waals surface area contributed by atoms with Gasteiger partial charge in [-0.2, -0.15) is 0 Å². The molecule has 146 valence electrons. The normalized spacial score (nSPS) is 11.0. The van der Waals surface area contributed by atoms with E-state index in [4.69, 9.17) is 9.15 Å². The molecule has 30 heavy (non-hydrogen) atoms. The minimum Gasteiger partial charge on any atom is -0.489 e. The van der Waals surface area contributed by atoms with Crippen LogP contribution in [-0.2, 0) is 6.61 Å². The number of fused-ring (bicyclic) bond motifs is 1. The third kappa shape index (κ3) is 3.67. The Morgan fingerprint density at radius 2 is 1.60 bits per heavy atom. The fourth-order valence-electron chi connectivity index (χ4n) is 3.37. The molecule has 0 saturated carbocycles. The Balaban J connectivity index is 1.43. The molecule has 0 aliphatic carbocycles. The van der Waals surface area contributed by atoms with Crippen LogP contribution in [0.25, 0.3) is 33.7 Å². The molecule has 0 spiro atoms. The van der Waals surface area contributed by atoms with E-state index in [1.165, 1.54) is 6.07 Å². The molecule has 5 rings (SSSR count). The van der Waals surface area contributed by atoms with Gasteiger partial charge in [0.1, 0.15) is 23.7 Å². The number of benzene rings is 4. The molecule has 0 atom stereocenters. The predicted octanol–water partition coefficient (Wildman–Crippen LogP) is 6.88. The number of nitrogens with zero attached hydrogens (tertiary/aromatic N) is 1. The Kier molecular flexibility index (Phi) is 4.74. The summed E-state index contributed by atoms with van der Waals surface area (Å²) in [5, 5.41) is 0. The molecule has 5 aromatic rings. The van der Waals surface area contributed by atoms with Gasteiger partial charge >= 0.3 is 0 Å². The zero-order chi connectivity index (χ0) is 20.3. The summed E-state index contributed by atoms with van der Waals surface area (Å²) in [5.41, 5.74) is 4.55. The van der Waals surface area contributed by atoms with Crippen LogP contribution in [0.5, 0.6) is 5.75 Å². The Labute approximate surface area is 173 Å². The molecule has 4 aromatic carbocycles. The van der Waals surface area contributed by atoms with Gasteiger partial charge in [0, 0.05) is 11.1 Å². The molecule has 1 aromatic heterocycles. The molecule has 0 saturated heterocycles. The largest absolute Gasteiger partial charge is 0.489 e. The van der Waals surface area contributed by atoms with Gasteiger partial charge in [-0.15, -0.1) is 0 Å². The van der Waals surface area contributed by atoms with E-state index >= 15 is 0 Å². The highest BCUT2D eigenvalue weighted by Crippen LogP contribution is 2.31. The van der Waals surface area contributed by atoms with Crippen molar-refractivity contribution in [3.05, 3.63) is 108 Å². The maximum Gasteiger partial charge on any atom is 0.227 e. The topological polar surface area (TPSA) is 35.3 Å². The van der Waals surface area contributed by atoms with Gasteiger partial charge in [-0.05, 0) is 47.5 Å². The van der Waals surface area contributed by atoms with Crippen LogP contribution in [0.1, 0.15) is 5.56 Å². The zero-order valence-corrected chi connectivity index (χ0v) is 16.1. The number of ether oxygens (including phenoxy) is 1. The van der Waals surface area contributed by atoms with E-state index in [1.54, 1.807) is 12.1 Å². The van der Waals surface area contributed by atoms with Crippen LogP contribution >= 0.6 is 0 Å². The van der Waals surface area contributed by atoms with Crippen molar-refractivity contribution < 1.29 is 13.5 Å². The Bertz CT molecular complexity index is 1310. The number of oxazole rings is 1. The molecule has 4 heteroatoms. The number of halogens is 1. The summed E-state index contributed by atoms with van der Waals surface area (Å²) in [6, 6.07) is 29.9. The zero-order valence-electron chi connectivity index (χ0n) is 16.1. The Hall–Kier alpha value is -3.92. The first-order valence-corrected chi connectivity index (χ1v) is 9.69. The first-order valence-electron chi connectivity index (χ1n) is 9.69. The Morgan fingerprint density at radius 1 is 0.767 bits per heavy atom. The third-order valence-electron chi connectivity index (χ3n) is 4.90. The van der Waals surface area contributed by atoms with E-state index in [-0.39, 0.29) is 5.82 Å². The second-order valence-electron chi connectivity index (χ2n) is 6.98. The van der Waals surface area contributed by atoms with E-state index in [1.807, 2.05) is 78.9 Å². The Morgan fingerprint density at radius 3 is 2.47 bits per heavy atom. The molecule has 0 unspecified atom stereocenters. The highest BCUT2D eigenvalue weighted by atomic mass is 19.1. The van der Waals surface area contributed by atoms with Crippen LogP contribution in [0.3, 0.4) is 0 Å². The molecule has 0 amide bonds. The molecule has 0 fully saturated rings. The smallest absolute Gasteiger partial charge is 0.227 e. The van der Waals surface area contributed by atoms with Gasteiger partial charge in [0.25, 0.3) is 0 Å². The van der Waals surface area contributed by atoms with Crippen molar-refractivity contribution in [1.29, 1.82) is 0 Å². The fraction of sp³-hybridized carbons (Fsp3) is 0.0385. The second-order valence-corrected chi connectivity index (χ2v) is 6.98. The van der Waals surface area contributed by atoms with Crippen molar-refractivity contribution in [2.24, 2.45) is 0 Å². The molecule has 0 bridgehead atoms. The van der Waals surface area contributed by atoms with Crippen molar-refractivity contribution in [2.45, 2.75) is 6.61 Å². The molecule has 0 aliphatic rings. The predicted molar refractivity (Wildman–Crippen MR) is 116 cm³/mol. The molecule has 3 nitrogen and oxygen atoms in total. The van der Waals surface area contributed by atoms with Crippen LogP contribution in [0.2, 0.25) is 0 Å². The summed E-state index contributed by atoms with van der Waals surface area (Å²) < 4.78 is 26.0. The van der Waals surface area contributed by atoms with Crippen molar-refractivity contribution >= 4 is 11.1 Å². The van der Waals surface area contributed by atoms with Gasteiger partial charge in [0.15, 0.2) is 5.58 Å². The lowest BCUT2D eigenvalue weighted by molar-refractivity contribution is 0.306. The standard InChI is InChI=1S/C26H18FNO2/c27-23-12-5-4-11-22(23)19-13-14-24-25(16-19)30-26(28-24)20-9-6-10-21(15-20)29-17-18-7-2-1-3-8-18/h1-16H,17H2. The van der Waals surface area contributed by atoms with E-state index in [2.05, 4.69) is 4.98 Å². The van der Waals surface area contributed by atoms with Gasteiger partial charge in [0.2, 0.25) is 5.89 Å². The van der Waals surface area contributed by atoms with Gasteiger partial charge in [-0.3, -0.25) is 0 Å². The van der Waals surface area contributed by atoms with Crippen molar-refractivity contribution in [1.82, 2.24) is 4.98 Å². The van der Waals surface area contributed by atoms with E-state index in [0.29, 0.717) is 23.6 Å². The first kappa shape index (κ1) is 18.1. The lowest BCUT2D eigenvalue weighted by Crippen LogP contribution is -1.94. The van der Waals surface area contributed by atoms with Crippen molar-refractivity contribution in [3.63, 3.8) is 0 Å². The lowest BCUT2D eigenvalue weighted by Gasteiger charge is -2.07. The summed E-state index contributed by atoms with van der Waals surface area (Å²) in [4.78, 5) is 4.58. The minimum absolute atomic E-state index is 0.264. The summed E-state index contributed by atoms with van der Waals surface area (Å²) in [7, 11) is 0. The fourth-order valence-corrected chi connectivity index (χ4v) is 3.37. The summed E-state index contributed by atoms with van der Waals surface area (Å²) in [6.45, 7) is 0.490. The number of rotatable bonds is 5. The average Bonchev–Trinajstić information content (AvgIpc) is 3.22. The van der Waals surface area contributed by atoms with Crippen LogP contribution in [0, 0.1) is 5.82 Å². The number of hydrogen-bond donors (Lipinski definition) is 0. The molecule has 0 N–H and O–H groups in total. The summed E-state index contributed by atoms with van der Waals surface area (Å²) in [6.07, 6.45) is 0. The van der Waals surface area contributed by atoms with Gasteiger partial charge in [-0.25, -0.2) is 9.37 Å². The molecule has 1 heterocycles. The van der Waals surface area contributed by atoms with Crippen molar-refractivity contribution in [2.75, 3.05) is 0 Å². The first-order chi connectivity index (χ1) is 14.8. The van der Waals surface area contributed by atoms with Crippen LogP contribution in [0.4, 0.5) is 4.39 Å². The molecular weight excluding hydrogens is 377 g/mol. The second kappa shape index (κ2) is 7.84. The van der Waals surface area contributed by atoms with Crippen LogP contribution < -0.4 is 4.74 Å². The van der Waals surface area contributed by atoms with E-state index in [0.717, 1.165) is 28.0 Å². The number of aromatic nitrogens is 1. The van der Waals surface area contributed by atoms with E-state index < -0.39 is 0 Å². The number of hydrogen-bond acceptors (Lipinski definition) is 3. The maximum absolute atomic E-state index is 14.1. The monoisotopic (exact) mass is 395 g/mol. The summed E-state index contributed by atoms with van der Waals surface area (Å²) in [5.74, 6) is 0.978. The van der Waals surface area contributed by atoms with Crippen molar-refractivity contribution in [3.8, 4) is 28.3 Å². The van der Waals surface area contributed by atoms with Crippen LogP contribution in [-0.4, -0.2) is 4.98 Å². The maximum atomic E-state index is 14.1. The third-order valence-corrected chi connectivity index (χ3v) is 4.90. The minimum atomic E-state index is -0.264. The van der Waals surface area contributed by atoms with Crippen LogP contribution in [0.15, 0.2) is 101 Å². The SMILES string of the molecule is Fc1ccccc1-c1ccc2nc(-c3cccc(OCc4ccccc4)c3)oc2c1. The summed E-state index contributed by atoms with van der Waals surface area (Å²) >= 11 is 0. The van der Waals surface area contributed by atoms with Gasteiger partial charge < -0.3 is 9.15 Å². The lowest BCUT2D eigenvalue weighted by atomic mass is 10.1. The highest BCUT2D eigenvalue weighted by Gasteiger charge is 2.12. The molecule has 0 radical (unpaired) electrons. The molecule has 0 aliphatic heterocycles. The van der Waals surface area contributed by atoms with Gasteiger partial charge in [0.05, 0.1) is 0 Å². The molecular formula is C26H18FNO2. The van der Waals surface area contributed by atoms with E-state index in [9.17, 15) is 4.39 Å². The quantitative estimate of drug-likeness (QED) is 0.325. The van der Waals surface area contributed by atoms with Gasteiger partial charge in [-0.1, -0.05) is 60.7 Å². The average molecular weight is 395 g/mol.